The third-order valence-corrected chi connectivity index (χ3v) is 0. The van der Waals surface area contributed by atoms with Crippen LogP contribution in [0.1, 0.15) is 0 Å². The van der Waals surface area contributed by atoms with E-state index < -0.39 is 22.0 Å². The maximum atomic E-state index is 8.42. The molecule has 0 aromatic heterocycles. The summed E-state index contributed by atoms with van der Waals surface area (Å²) in [5.41, 5.74) is 0. The Hall–Kier alpha value is 2.16. The van der Waals surface area contributed by atoms with Crippen molar-refractivity contribution >= 4 is 59.7 Å². The van der Waals surface area contributed by atoms with E-state index >= 15 is 0 Å². The molecule has 15 heavy (non-hydrogen) atoms. The van der Waals surface area contributed by atoms with E-state index in [4.69, 9.17) is 45.2 Å². The molecule has 0 atom stereocenters. The van der Waals surface area contributed by atoms with Gasteiger partial charge in [-0.25, -0.2) is 0 Å². The van der Waals surface area contributed by atoms with E-state index in [1.807, 2.05) is 0 Å². The smallest absolute Gasteiger partial charge is 2.00 e. The zero-order valence-corrected chi connectivity index (χ0v) is 12.4. The average molecular weight is 327 g/mol. The van der Waals surface area contributed by atoms with Crippen LogP contribution in [-0.4, -0.2) is 89.8 Å². The van der Waals surface area contributed by atoms with E-state index in [0.717, 1.165) is 0 Å². The second kappa shape index (κ2) is 29.8. The van der Waals surface area contributed by atoms with Gasteiger partial charge in [0.05, 0.1) is 0 Å². The van der Waals surface area contributed by atoms with Crippen LogP contribution in [0.5, 0.6) is 0 Å². The van der Waals surface area contributed by atoms with Gasteiger partial charge in [0.15, 0.2) is 0 Å². The van der Waals surface area contributed by atoms with Gasteiger partial charge in [-0.1, -0.05) is 0 Å². The van der Waals surface area contributed by atoms with Crippen LogP contribution in [0.15, 0.2) is 0 Å². The molecule has 0 aromatic rings. The van der Waals surface area contributed by atoms with E-state index in [0.29, 0.717) is 0 Å². The molecule has 15 heteroatoms. The quantitative estimate of drug-likeness (QED) is 0.232. The predicted molar refractivity (Wildman–Crippen MR) is 37.0 cm³/mol. The fourth-order valence-electron chi connectivity index (χ4n) is 0. The van der Waals surface area contributed by atoms with Gasteiger partial charge in [-0.05, 0) is 0 Å². The Bertz CT molecular complexity index is 49.2. The summed E-state index contributed by atoms with van der Waals surface area (Å²) >= 11 is 0. The maximum Gasteiger partial charge on any atom is 3.00 e. The molecule has 0 saturated carbocycles. The van der Waals surface area contributed by atoms with Gasteiger partial charge in [0.25, 0.3) is 0 Å². The first-order valence-corrected chi connectivity index (χ1v) is 2.26. The van der Waals surface area contributed by atoms with E-state index in [9.17, 15) is 0 Å². The largest absolute Gasteiger partial charge is 3.00 e. The van der Waals surface area contributed by atoms with Crippen LogP contribution < -0.4 is 15.1 Å². The van der Waals surface area contributed by atoms with Crippen molar-refractivity contribution in [2.45, 2.75) is 0 Å². The van der Waals surface area contributed by atoms with E-state index in [2.05, 4.69) is 0 Å². The molecule has 0 heterocycles. The SMILES string of the molecule is OB(O)O.OB(O)O.[Ca+2].[O-2].[O-]B([O-])[O-].[Y+3]. The normalized spacial score (nSPS) is 5.40. The standard InChI is InChI=1S/2BH3O3.BO3.Ca.O.Y/c3*2-1(3)4;;;/h2*2-4H;;;;/q;;-3;+2;-2;+3. The molecule has 0 aliphatic carbocycles. The van der Waals surface area contributed by atoms with Crippen molar-refractivity contribution in [3.63, 3.8) is 0 Å². The van der Waals surface area contributed by atoms with Crippen LogP contribution in [-0.2, 0) is 38.2 Å². The summed E-state index contributed by atoms with van der Waals surface area (Å²) in [5.74, 6) is 0. The Kier molecular flexibility index (Phi) is 71.5. The van der Waals surface area contributed by atoms with Gasteiger partial charge in [-0.3, -0.25) is 7.32 Å². The van der Waals surface area contributed by atoms with Crippen molar-refractivity contribution in [2.24, 2.45) is 0 Å². The summed E-state index contributed by atoms with van der Waals surface area (Å²) in [4.78, 5) is 0. The number of hydrogen-bond acceptors (Lipinski definition) is 9. The Morgan fingerprint density at radius 1 is 0.667 bits per heavy atom. The molecule has 0 radical (unpaired) electrons. The molecular formula is H6B3CaO10Y. The molecule has 0 bridgehead atoms. The molecule has 0 amide bonds. The van der Waals surface area contributed by atoms with Crippen LogP contribution in [0, 0.1) is 0 Å². The number of rotatable bonds is 0. The fourth-order valence-corrected chi connectivity index (χ4v) is 0. The first kappa shape index (κ1) is 36.0. The molecule has 10 nitrogen and oxygen atoms in total. The van der Waals surface area contributed by atoms with Crippen molar-refractivity contribution in [1.82, 2.24) is 0 Å². The maximum absolute atomic E-state index is 8.42. The third-order valence-electron chi connectivity index (χ3n) is 0. The topological polar surface area (TPSA) is 219 Å². The first-order chi connectivity index (χ1) is 5.20. The van der Waals surface area contributed by atoms with Crippen molar-refractivity contribution in [3.05, 3.63) is 0 Å². The average Bonchev–Trinajstić information content (AvgIpc) is 1.54. The van der Waals surface area contributed by atoms with Crippen molar-refractivity contribution in [3.8, 4) is 0 Å². The van der Waals surface area contributed by atoms with Crippen molar-refractivity contribution < 1.29 is 83.4 Å². The Balaban J connectivity index is -0.0000000184. The predicted octanol–water partition coefficient (Wildman–Crippen LogP) is -8.55. The zero-order chi connectivity index (χ0) is 10.7. The summed E-state index contributed by atoms with van der Waals surface area (Å²) in [6.45, 7) is 0. The molecule has 0 aromatic carbocycles. The monoisotopic (exact) mass is 328 g/mol. The summed E-state index contributed by atoms with van der Waals surface area (Å²) < 4.78 is 0. The summed E-state index contributed by atoms with van der Waals surface area (Å²) in [7, 11) is -7.25. The van der Waals surface area contributed by atoms with E-state index in [1.54, 1.807) is 0 Å². The summed E-state index contributed by atoms with van der Waals surface area (Å²) in [6, 6.07) is 0. The Morgan fingerprint density at radius 2 is 0.667 bits per heavy atom. The Morgan fingerprint density at radius 3 is 0.667 bits per heavy atom. The molecule has 0 saturated heterocycles. The van der Waals surface area contributed by atoms with Crippen molar-refractivity contribution in [1.29, 1.82) is 0 Å². The second-order valence-electron chi connectivity index (χ2n) is 0.981. The molecule has 0 unspecified atom stereocenters. The molecule has 6 N–H and O–H groups in total. The first-order valence-electron chi connectivity index (χ1n) is 2.26. The minimum absolute atomic E-state index is 0. The minimum Gasteiger partial charge on any atom is -2.00 e. The fraction of sp³-hybridized carbons (Fsp3) is 0. The molecule has 0 aliphatic rings. The molecule has 80 valence electrons. The van der Waals surface area contributed by atoms with E-state index in [-0.39, 0.29) is 75.9 Å². The molecule has 0 aliphatic heterocycles. The number of hydrogen-bond donors (Lipinski definition) is 6. The zero-order valence-electron chi connectivity index (χ0n) is 7.33. The van der Waals surface area contributed by atoms with Crippen LogP contribution in [0.25, 0.3) is 0 Å². The van der Waals surface area contributed by atoms with Gasteiger partial charge in [-0.15, -0.1) is 0 Å². The molecule has 0 rings (SSSR count). The molecule has 0 fully saturated rings. The van der Waals surface area contributed by atoms with Crippen LogP contribution >= 0.6 is 0 Å². The van der Waals surface area contributed by atoms with Crippen LogP contribution in [0.2, 0.25) is 0 Å². The van der Waals surface area contributed by atoms with Gasteiger partial charge in [-0.2, -0.15) is 0 Å². The van der Waals surface area contributed by atoms with Gasteiger partial charge in [0, 0.05) is 0 Å². The van der Waals surface area contributed by atoms with Gasteiger partial charge >= 0.3 is 85.1 Å². The minimum atomic E-state index is -2.92. The van der Waals surface area contributed by atoms with E-state index in [1.165, 1.54) is 0 Å². The van der Waals surface area contributed by atoms with Gasteiger partial charge in [0.1, 0.15) is 0 Å². The molecule has 0 spiro atoms. The van der Waals surface area contributed by atoms with Gasteiger partial charge in [0.2, 0.25) is 0 Å². The third kappa shape index (κ3) is 695. The van der Waals surface area contributed by atoms with Crippen LogP contribution in [0.4, 0.5) is 0 Å². The molecular weight excluding hydrogens is 321 g/mol. The Labute approximate surface area is 141 Å². The second-order valence-corrected chi connectivity index (χ2v) is 0.981. The van der Waals surface area contributed by atoms with Crippen molar-refractivity contribution in [2.75, 3.05) is 0 Å². The van der Waals surface area contributed by atoms with Gasteiger partial charge < -0.3 is 50.7 Å². The summed E-state index contributed by atoms with van der Waals surface area (Å²) in [6.07, 6.45) is 0. The summed E-state index contributed by atoms with van der Waals surface area (Å²) in [5, 5.41) is 68.2. The van der Waals surface area contributed by atoms with Crippen LogP contribution in [0.3, 0.4) is 0 Å².